The fourth-order valence-electron chi connectivity index (χ4n) is 1.98. The fourth-order valence-corrected chi connectivity index (χ4v) is 2.44. The number of rotatable bonds is 8. The van der Waals surface area contributed by atoms with Gasteiger partial charge >= 0.3 is 0 Å². The Morgan fingerprint density at radius 1 is 1.13 bits per heavy atom. The number of ether oxygens (including phenoxy) is 2. The number of para-hydroxylation sites is 1. The Balaban J connectivity index is 2.06. The highest BCUT2D eigenvalue weighted by atomic mass is 79.9. The van der Waals surface area contributed by atoms with Crippen molar-refractivity contribution in [1.82, 2.24) is 5.43 Å². The SMILES string of the molecule is C#CCOc1cc(Br)c(CNNc2ccccc2)cc1OCC. The van der Waals surface area contributed by atoms with E-state index in [0.29, 0.717) is 24.7 Å². The Labute approximate surface area is 145 Å². The first-order valence-electron chi connectivity index (χ1n) is 7.30. The predicted molar refractivity (Wildman–Crippen MR) is 96.5 cm³/mol. The van der Waals surface area contributed by atoms with E-state index in [-0.39, 0.29) is 6.61 Å². The van der Waals surface area contributed by atoms with Crippen LogP contribution in [0.5, 0.6) is 11.5 Å². The number of terminal acetylenes is 1. The minimum atomic E-state index is 0.208. The predicted octanol–water partition coefficient (Wildman–Crippen LogP) is 3.98. The Bertz CT molecular complexity index is 669. The topological polar surface area (TPSA) is 42.5 Å². The van der Waals surface area contributed by atoms with Crippen molar-refractivity contribution in [3.05, 3.63) is 52.5 Å². The van der Waals surface area contributed by atoms with Gasteiger partial charge in [-0.05, 0) is 36.8 Å². The molecule has 120 valence electrons. The number of hydrogen-bond acceptors (Lipinski definition) is 4. The minimum Gasteiger partial charge on any atom is -0.490 e. The standard InChI is InChI=1S/C18H19BrN2O2/c1-3-10-23-18-12-16(19)14(11-17(18)22-4-2)13-20-21-15-8-6-5-7-9-15/h1,5-9,11-12,20-21H,4,10,13H2,2H3. The quantitative estimate of drug-likeness (QED) is 0.541. The van der Waals surface area contributed by atoms with Crippen LogP contribution in [0, 0.1) is 12.3 Å². The molecule has 0 aliphatic carbocycles. The van der Waals surface area contributed by atoms with Gasteiger partial charge in [0.2, 0.25) is 0 Å². The summed E-state index contributed by atoms with van der Waals surface area (Å²) >= 11 is 3.56. The molecule has 4 nitrogen and oxygen atoms in total. The van der Waals surface area contributed by atoms with E-state index in [2.05, 4.69) is 32.7 Å². The van der Waals surface area contributed by atoms with Gasteiger partial charge in [-0.1, -0.05) is 40.0 Å². The first-order chi connectivity index (χ1) is 11.2. The molecule has 5 heteroatoms. The molecule has 23 heavy (non-hydrogen) atoms. The second-order valence-corrected chi connectivity index (χ2v) is 5.52. The Kier molecular flexibility index (Phi) is 6.79. The molecule has 0 bridgehead atoms. The number of anilines is 1. The zero-order valence-electron chi connectivity index (χ0n) is 12.9. The zero-order valence-corrected chi connectivity index (χ0v) is 14.5. The third-order valence-electron chi connectivity index (χ3n) is 3.01. The molecule has 0 heterocycles. The van der Waals surface area contributed by atoms with Crippen molar-refractivity contribution < 1.29 is 9.47 Å². The van der Waals surface area contributed by atoms with Crippen molar-refractivity contribution in [3.63, 3.8) is 0 Å². The van der Waals surface area contributed by atoms with Crippen LogP contribution in [0.2, 0.25) is 0 Å². The number of halogens is 1. The smallest absolute Gasteiger partial charge is 0.163 e. The number of nitrogens with one attached hydrogen (secondary N) is 2. The monoisotopic (exact) mass is 374 g/mol. The lowest BCUT2D eigenvalue weighted by atomic mass is 10.2. The zero-order chi connectivity index (χ0) is 16.5. The summed E-state index contributed by atoms with van der Waals surface area (Å²) in [4.78, 5) is 0. The molecule has 0 amide bonds. The molecule has 2 aromatic rings. The maximum Gasteiger partial charge on any atom is 0.163 e. The van der Waals surface area contributed by atoms with Crippen molar-refractivity contribution in [3.8, 4) is 23.8 Å². The van der Waals surface area contributed by atoms with Crippen molar-refractivity contribution in [1.29, 1.82) is 0 Å². The summed E-state index contributed by atoms with van der Waals surface area (Å²) in [6.45, 7) is 3.32. The Hall–Kier alpha value is -2.16. The van der Waals surface area contributed by atoms with Crippen molar-refractivity contribution in [2.75, 3.05) is 18.6 Å². The van der Waals surface area contributed by atoms with E-state index in [1.165, 1.54) is 0 Å². The van der Waals surface area contributed by atoms with E-state index in [1.807, 2.05) is 49.4 Å². The van der Waals surface area contributed by atoms with Crippen LogP contribution in [0.15, 0.2) is 46.9 Å². The van der Waals surface area contributed by atoms with Crippen LogP contribution in [-0.2, 0) is 6.54 Å². The van der Waals surface area contributed by atoms with Crippen LogP contribution in [-0.4, -0.2) is 13.2 Å². The molecule has 0 spiro atoms. The number of hydrazine groups is 1. The van der Waals surface area contributed by atoms with Crippen LogP contribution in [0.1, 0.15) is 12.5 Å². The molecule has 2 N–H and O–H groups in total. The van der Waals surface area contributed by atoms with Gasteiger partial charge in [0.15, 0.2) is 11.5 Å². The van der Waals surface area contributed by atoms with Crippen LogP contribution in [0.3, 0.4) is 0 Å². The first-order valence-corrected chi connectivity index (χ1v) is 8.09. The summed E-state index contributed by atoms with van der Waals surface area (Å²) in [7, 11) is 0. The van der Waals surface area contributed by atoms with Crippen molar-refractivity contribution in [2.45, 2.75) is 13.5 Å². The molecular weight excluding hydrogens is 356 g/mol. The number of hydrogen-bond donors (Lipinski definition) is 2. The average Bonchev–Trinajstić information content (AvgIpc) is 2.57. The van der Waals surface area contributed by atoms with Crippen molar-refractivity contribution >= 4 is 21.6 Å². The van der Waals surface area contributed by atoms with Gasteiger partial charge in [0.1, 0.15) is 6.61 Å². The van der Waals surface area contributed by atoms with Gasteiger partial charge < -0.3 is 14.9 Å². The van der Waals surface area contributed by atoms with Gasteiger partial charge in [-0.2, -0.15) is 0 Å². The highest BCUT2D eigenvalue weighted by molar-refractivity contribution is 9.10. The van der Waals surface area contributed by atoms with E-state index in [1.54, 1.807) is 0 Å². The Morgan fingerprint density at radius 2 is 1.87 bits per heavy atom. The summed E-state index contributed by atoms with van der Waals surface area (Å²) in [6, 6.07) is 13.7. The van der Waals surface area contributed by atoms with Gasteiger partial charge in [0.25, 0.3) is 0 Å². The van der Waals surface area contributed by atoms with Crippen LogP contribution < -0.4 is 20.3 Å². The molecule has 0 saturated carbocycles. The second-order valence-electron chi connectivity index (χ2n) is 4.66. The summed E-state index contributed by atoms with van der Waals surface area (Å²) in [5, 5.41) is 0. The first kappa shape index (κ1) is 17.2. The maximum atomic E-state index is 5.63. The molecule has 0 saturated heterocycles. The van der Waals surface area contributed by atoms with E-state index in [0.717, 1.165) is 15.7 Å². The van der Waals surface area contributed by atoms with Crippen LogP contribution >= 0.6 is 15.9 Å². The Morgan fingerprint density at radius 3 is 2.57 bits per heavy atom. The maximum absolute atomic E-state index is 5.63. The third-order valence-corrected chi connectivity index (χ3v) is 3.75. The molecule has 2 aromatic carbocycles. The van der Waals surface area contributed by atoms with Gasteiger partial charge in [-0.15, -0.1) is 6.42 Å². The summed E-state index contributed by atoms with van der Waals surface area (Å²) in [5.74, 6) is 3.78. The fraction of sp³-hybridized carbons (Fsp3) is 0.222. The van der Waals surface area contributed by atoms with E-state index in [4.69, 9.17) is 15.9 Å². The molecule has 2 rings (SSSR count). The summed E-state index contributed by atoms with van der Waals surface area (Å²) in [6.07, 6.45) is 5.24. The normalized spacial score (nSPS) is 9.96. The largest absolute Gasteiger partial charge is 0.490 e. The van der Waals surface area contributed by atoms with E-state index >= 15 is 0 Å². The molecular formula is C18H19BrN2O2. The molecule has 0 fully saturated rings. The molecule has 0 unspecified atom stereocenters. The lowest BCUT2D eigenvalue weighted by molar-refractivity contribution is 0.298. The highest BCUT2D eigenvalue weighted by Gasteiger charge is 2.10. The lowest BCUT2D eigenvalue weighted by Crippen LogP contribution is -2.21. The van der Waals surface area contributed by atoms with Crippen LogP contribution in [0.25, 0.3) is 0 Å². The summed E-state index contributed by atoms with van der Waals surface area (Å²) < 4.78 is 12.1. The van der Waals surface area contributed by atoms with Gasteiger partial charge in [-0.25, -0.2) is 5.43 Å². The molecule has 0 radical (unpaired) electrons. The van der Waals surface area contributed by atoms with Gasteiger partial charge in [0, 0.05) is 16.7 Å². The third kappa shape index (κ3) is 5.20. The molecule has 0 aliphatic heterocycles. The lowest BCUT2D eigenvalue weighted by Gasteiger charge is -2.15. The van der Waals surface area contributed by atoms with Crippen molar-refractivity contribution in [2.24, 2.45) is 0 Å². The average molecular weight is 375 g/mol. The minimum absolute atomic E-state index is 0.208. The molecule has 0 aliphatic rings. The number of benzene rings is 2. The van der Waals surface area contributed by atoms with Gasteiger partial charge in [-0.3, -0.25) is 0 Å². The highest BCUT2D eigenvalue weighted by Crippen LogP contribution is 2.33. The molecule has 0 atom stereocenters. The van der Waals surface area contributed by atoms with Crippen LogP contribution in [0.4, 0.5) is 5.69 Å². The summed E-state index contributed by atoms with van der Waals surface area (Å²) in [5.41, 5.74) is 8.38. The van der Waals surface area contributed by atoms with Gasteiger partial charge in [0.05, 0.1) is 6.61 Å². The molecule has 0 aromatic heterocycles. The van der Waals surface area contributed by atoms with E-state index in [9.17, 15) is 0 Å². The van der Waals surface area contributed by atoms with E-state index < -0.39 is 0 Å². The second kappa shape index (κ2) is 9.09.